The number of nitrogens with two attached hydrogens (primary N) is 1. The van der Waals surface area contributed by atoms with Crippen molar-refractivity contribution in [1.82, 2.24) is 14.5 Å². The number of fused-ring (bicyclic) bond motifs is 1. The zero-order valence-corrected chi connectivity index (χ0v) is 14.4. The van der Waals surface area contributed by atoms with E-state index in [1.54, 1.807) is 0 Å². The molecule has 2 heterocycles. The van der Waals surface area contributed by atoms with Crippen LogP contribution in [-0.4, -0.2) is 21.1 Å². The van der Waals surface area contributed by atoms with Crippen molar-refractivity contribution < 1.29 is 0 Å². The van der Waals surface area contributed by atoms with E-state index in [0.29, 0.717) is 0 Å². The SMILES string of the molecule is Cc1cnc2c(c1)nc(CCC1CCCCC1)n2CCCCN. The van der Waals surface area contributed by atoms with E-state index in [1.807, 2.05) is 6.20 Å². The minimum absolute atomic E-state index is 0.760. The van der Waals surface area contributed by atoms with Gasteiger partial charge in [-0.15, -0.1) is 0 Å². The molecule has 2 N–H and O–H groups in total. The quantitative estimate of drug-likeness (QED) is 0.786. The molecule has 0 atom stereocenters. The van der Waals surface area contributed by atoms with Gasteiger partial charge in [-0.2, -0.15) is 0 Å². The summed E-state index contributed by atoms with van der Waals surface area (Å²) in [5.74, 6) is 2.12. The van der Waals surface area contributed by atoms with Crippen LogP contribution < -0.4 is 5.73 Å². The van der Waals surface area contributed by atoms with Crippen molar-refractivity contribution in [1.29, 1.82) is 0 Å². The van der Waals surface area contributed by atoms with Gasteiger partial charge in [-0.05, 0) is 50.3 Å². The van der Waals surface area contributed by atoms with Gasteiger partial charge in [0, 0.05) is 19.2 Å². The monoisotopic (exact) mass is 314 g/mol. The third-order valence-corrected chi connectivity index (χ3v) is 5.14. The Bertz CT molecular complexity index is 626. The summed E-state index contributed by atoms with van der Waals surface area (Å²) >= 11 is 0. The predicted octanol–water partition coefficient (Wildman–Crippen LogP) is 3.99. The van der Waals surface area contributed by atoms with Crippen LogP contribution in [0.4, 0.5) is 0 Å². The first-order valence-corrected chi connectivity index (χ1v) is 9.30. The lowest BCUT2D eigenvalue weighted by atomic mass is 9.86. The van der Waals surface area contributed by atoms with Gasteiger partial charge in [0.05, 0.1) is 0 Å². The summed E-state index contributed by atoms with van der Waals surface area (Å²) in [7, 11) is 0. The summed E-state index contributed by atoms with van der Waals surface area (Å²) in [6.07, 6.45) is 13.6. The third kappa shape index (κ3) is 4.11. The molecule has 1 fully saturated rings. The molecule has 0 aromatic carbocycles. The van der Waals surface area contributed by atoms with Crippen LogP contribution in [0.1, 0.15) is 62.8 Å². The highest BCUT2D eigenvalue weighted by atomic mass is 15.1. The fourth-order valence-electron chi connectivity index (χ4n) is 3.81. The Labute approximate surface area is 139 Å². The van der Waals surface area contributed by atoms with Crippen molar-refractivity contribution in [3.8, 4) is 0 Å². The Kier molecular flexibility index (Phi) is 5.65. The molecule has 0 saturated heterocycles. The molecule has 0 radical (unpaired) electrons. The van der Waals surface area contributed by atoms with Crippen LogP contribution in [0.5, 0.6) is 0 Å². The Morgan fingerprint density at radius 3 is 2.83 bits per heavy atom. The fourth-order valence-corrected chi connectivity index (χ4v) is 3.81. The number of unbranched alkanes of at least 4 members (excludes halogenated alkanes) is 1. The first-order chi connectivity index (χ1) is 11.3. The first-order valence-electron chi connectivity index (χ1n) is 9.30. The van der Waals surface area contributed by atoms with Crippen LogP contribution in [0.15, 0.2) is 12.3 Å². The molecule has 1 aliphatic rings. The number of aryl methyl sites for hydroxylation is 3. The minimum atomic E-state index is 0.760. The number of hydrogen-bond donors (Lipinski definition) is 1. The van der Waals surface area contributed by atoms with Gasteiger partial charge in [0.15, 0.2) is 5.65 Å². The third-order valence-electron chi connectivity index (χ3n) is 5.14. The first kappa shape index (κ1) is 16.4. The lowest BCUT2D eigenvalue weighted by molar-refractivity contribution is 0.336. The van der Waals surface area contributed by atoms with E-state index in [1.165, 1.54) is 49.9 Å². The van der Waals surface area contributed by atoms with E-state index in [2.05, 4.69) is 22.5 Å². The highest BCUT2D eigenvalue weighted by molar-refractivity contribution is 5.72. The molecule has 126 valence electrons. The van der Waals surface area contributed by atoms with E-state index in [4.69, 9.17) is 10.7 Å². The van der Waals surface area contributed by atoms with Gasteiger partial charge >= 0.3 is 0 Å². The number of pyridine rings is 1. The second kappa shape index (κ2) is 7.91. The van der Waals surface area contributed by atoms with Gasteiger partial charge in [0.2, 0.25) is 0 Å². The molecule has 0 bridgehead atoms. The highest BCUT2D eigenvalue weighted by Crippen LogP contribution is 2.28. The van der Waals surface area contributed by atoms with Crippen molar-refractivity contribution >= 4 is 11.2 Å². The molecule has 0 amide bonds. The topological polar surface area (TPSA) is 56.7 Å². The summed E-state index contributed by atoms with van der Waals surface area (Å²) < 4.78 is 2.34. The summed E-state index contributed by atoms with van der Waals surface area (Å²) in [4.78, 5) is 9.55. The molecule has 4 heteroatoms. The Hall–Kier alpha value is -1.42. The molecule has 0 aliphatic heterocycles. The van der Waals surface area contributed by atoms with Crippen LogP contribution in [0.2, 0.25) is 0 Å². The number of rotatable bonds is 7. The standard InChI is InChI=1S/C19H30N4/c1-15-13-17-19(21-14-15)23(12-6-5-11-20)18(22-17)10-9-16-7-3-2-4-8-16/h13-14,16H,2-12,20H2,1H3. The molecular formula is C19H30N4. The summed E-state index contributed by atoms with van der Waals surface area (Å²) in [5.41, 5.74) is 8.94. The molecule has 23 heavy (non-hydrogen) atoms. The van der Waals surface area contributed by atoms with Gasteiger partial charge in [-0.3, -0.25) is 0 Å². The van der Waals surface area contributed by atoms with Crippen molar-refractivity contribution in [2.75, 3.05) is 6.54 Å². The lowest BCUT2D eigenvalue weighted by Gasteiger charge is -2.21. The van der Waals surface area contributed by atoms with Gasteiger partial charge in [0.1, 0.15) is 11.3 Å². The molecule has 1 aliphatic carbocycles. The zero-order chi connectivity index (χ0) is 16.1. The Morgan fingerprint density at radius 2 is 2.04 bits per heavy atom. The number of imidazole rings is 1. The maximum atomic E-state index is 5.65. The Morgan fingerprint density at radius 1 is 1.22 bits per heavy atom. The van der Waals surface area contributed by atoms with Crippen LogP contribution in [0.3, 0.4) is 0 Å². The molecule has 0 spiro atoms. The largest absolute Gasteiger partial charge is 0.330 e. The zero-order valence-electron chi connectivity index (χ0n) is 14.4. The average Bonchev–Trinajstić information content (AvgIpc) is 2.91. The van der Waals surface area contributed by atoms with Crippen molar-refractivity contribution in [2.45, 2.75) is 71.3 Å². The molecule has 0 unspecified atom stereocenters. The van der Waals surface area contributed by atoms with E-state index < -0.39 is 0 Å². The van der Waals surface area contributed by atoms with Gasteiger partial charge in [0.25, 0.3) is 0 Å². The van der Waals surface area contributed by atoms with Crippen LogP contribution in [0, 0.1) is 12.8 Å². The lowest BCUT2D eigenvalue weighted by Crippen LogP contribution is -2.11. The maximum Gasteiger partial charge on any atom is 0.160 e. The van der Waals surface area contributed by atoms with E-state index >= 15 is 0 Å². The van der Waals surface area contributed by atoms with E-state index in [9.17, 15) is 0 Å². The smallest absolute Gasteiger partial charge is 0.160 e. The van der Waals surface area contributed by atoms with Crippen molar-refractivity contribution in [3.05, 3.63) is 23.7 Å². The molecule has 2 aromatic heterocycles. The second-order valence-electron chi connectivity index (χ2n) is 7.07. The summed E-state index contributed by atoms with van der Waals surface area (Å²) in [6, 6.07) is 2.16. The van der Waals surface area contributed by atoms with Gasteiger partial charge in [-0.1, -0.05) is 32.1 Å². The van der Waals surface area contributed by atoms with Gasteiger partial charge < -0.3 is 10.3 Å². The van der Waals surface area contributed by atoms with Crippen molar-refractivity contribution in [3.63, 3.8) is 0 Å². The minimum Gasteiger partial charge on any atom is -0.330 e. The fraction of sp³-hybridized carbons (Fsp3) is 0.684. The predicted molar refractivity (Wildman–Crippen MR) is 95.4 cm³/mol. The van der Waals surface area contributed by atoms with Crippen LogP contribution >= 0.6 is 0 Å². The molecule has 2 aromatic rings. The Balaban J connectivity index is 1.77. The number of hydrogen-bond acceptors (Lipinski definition) is 3. The van der Waals surface area contributed by atoms with Crippen molar-refractivity contribution in [2.24, 2.45) is 11.7 Å². The highest BCUT2D eigenvalue weighted by Gasteiger charge is 2.16. The van der Waals surface area contributed by atoms with E-state index in [-0.39, 0.29) is 0 Å². The summed E-state index contributed by atoms with van der Waals surface area (Å²) in [5, 5.41) is 0. The molecular weight excluding hydrogens is 284 g/mol. The maximum absolute atomic E-state index is 5.65. The van der Waals surface area contributed by atoms with Crippen LogP contribution in [0.25, 0.3) is 11.2 Å². The van der Waals surface area contributed by atoms with Crippen LogP contribution in [-0.2, 0) is 13.0 Å². The molecule has 1 saturated carbocycles. The van der Waals surface area contributed by atoms with Gasteiger partial charge in [-0.25, -0.2) is 9.97 Å². The number of aromatic nitrogens is 3. The normalized spacial score (nSPS) is 16.3. The molecule has 4 nitrogen and oxygen atoms in total. The average molecular weight is 314 g/mol. The number of nitrogens with zero attached hydrogens (tertiary/aromatic N) is 3. The second-order valence-corrected chi connectivity index (χ2v) is 7.07. The molecule has 3 rings (SSSR count). The summed E-state index contributed by atoms with van der Waals surface area (Å²) in [6.45, 7) is 3.84. The van der Waals surface area contributed by atoms with E-state index in [0.717, 1.165) is 49.4 Å².